The van der Waals surface area contributed by atoms with Gasteiger partial charge in [0.2, 0.25) is 5.88 Å². The van der Waals surface area contributed by atoms with Crippen LogP contribution in [-0.2, 0) is 6.54 Å². The molecule has 0 spiro atoms. The fourth-order valence-corrected chi connectivity index (χ4v) is 2.31. The summed E-state index contributed by atoms with van der Waals surface area (Å²) >= 11 is 0. The van der Waals surface area contributed by atoms with Crippen LogP contribution in [-0.4, -0.2) is 37.3 Å². The highest BCUT2D eigenvalue weighted by molar-refractivity contribution is 5.79. The zero-order valence-corrected chi connectivity index (χ0v) is 16.4. The number of nitrogens with zero attached hydrogens (tertiary/aromatic N) is 2. The molecule has 0 aliphatic rings. The van der Waals surface area contributed by atoms with Crippen LogP contribution in [0.5, 0.6) is 17.4 Å². The molecule has 0 bridgehead atoms. The van der Waals surface area contributed by atoms with Crippen molar-refractivity contribution in [3.8, 4) is 17.4 Å². The molecule has 0 aliphatic carbocycles. The Labute approximate surface area is 168 Å². The predicted octanol–water partition coefficient (Wildman–Crippen LogP) is 4.28. The van der Waals surface area contributed by atoms with Crippen molar-refractivity contribution in [1.82, 2.24) is 15.6 Å². The second kappa shape index (κ2) is 11.1. The fraction of sp³-hybridized carbons (Fsp3) is 0.400. The van der Waals surface area contributed by atoms with Crippen molar-refractivity contribution < 1.29 is 22.6 Å². The van der Waals surface area contributed by atoms with Crippen LogP contribution >= 0.6 is 0 Å². The van der Waals surface area contributed by atoms with Crippen LogP contribution in [0.25, 0.3) is 0 Å². The number of guanidine groups is 1. The van der Waals surface area contributed by atoms with Gasteiger partial charge in [0.25, 0.3) is 0 Å². The van der Waals surface area contributed by atoms with Crippen molar-refractivity contribution in [3.63, 3.8) is 0 Å². The molecular weight excluding hydrogens is 385 g/mol. The van der Waals surface area contributed by atoms with Crippen LogP contribution in [0.4, 0.5) is 13.2 Å². The minimum absolute atomic E-state index is 0.258. The van der Waals surface area contributed by atoms with E-state index in [1.807, 2.05) is 25.1 Å². The Kier molecular flexibility index (Phi) is 8.57. The summed E-state index contributed by atoms with van der Waals surface area (Å²) in [7, 11) is 1.49. The first kappa shape index (κ1) is 22.3. The number of aromatic nitrogens is 1. The number of nitrogens with one attached hydrogen (secondary N) is 2. The van der Waals surface area contributed by atoms with Crippen LogP contribution in [0.15, 0.2) is 47.6 Å². The first-order valence-electron chi connectivity index (χ1n) is 9.27. The van der Waals surface area contributed by atoms with E-state index in [0.717, 1.165) is 17.7 Å². The van der Waals surface area contributed by atoms with Gasteiger partial charge in [-0.3, -0.25) is 4.99 Å². The maximum atomic E-state index is 12.3. The highest BCUT2D eigenvalue weighted by Gasteiger charge is 2.26. The maximum absolute atomic E-state index is 12.3. The number of halogens is 3. The van der Waals surface area contributed by atoms with Crippen LogP contribution in [0.3, 0.4) is 0 Å². The summed E-state index contributed by atoms with van der Waals surface area (Å²) in [5.74, 6) is 2.02. The molecule has 1 heterocycles. The smallest absolute Gasteiger partial charge is 0.390 e. The topological polar surface area (TPSA) is 67.8 Å². The van der Waals surface area contributed by atoms with E-state index in [4.69, 9.17) is 9.47 Å². The van der Waals surface area contributed by atoms with Crippen molar-refractivity contribution in [3.05, 3.63) is 48.2 Å². The van der Waals surface area contributed by atoms with Gasteiger partial charge in [0.05, 0.1) is 13.0 Å². The number of aliphatic imine (C=N–C) groups is 1. The van der Waals surface area contributed by atoms with Gasteiger partial charge in [0, 0.05) is 31.9 Å². The van der Waals surface area contributed by atoms with E-state index in [9.17, 15) is 13.2 Å². The van der Waals surface area contributed by atoms with Crippen molar-refractivity contribution in [2.45, 2.75) is 32.5 Å². The zero-order valence-electron chi connectivity index (χ0n) is 16.4. The lowest BCUT2D eigenvalue weighted by Crippen LogP contribution is -2.38. The van der Waals surface area contributed by atoms with Crippen LogP contribution in [0, 0.1) is 0 Å². The summed E-state index contributed by atoms with van der Waals surface area (Å²) < 4.78 is 48.2. The normalized spacial score (nSPS) is 11.8. The number of pyridine rings is 1. The summed E-state index contributed by atoms with van der Waals surface area (Å²) in [6.07, 6.45) is -2.62. The quantitative estimate of drug-likeness (QED) is 0.477. The second-order valence-electron chi connectivity index (χ2n) is 6.11. The minimum Gasteiger partial charge on any atom is -0.494 e. The Morgan fingerprint density at radius 3 is 2.48 bits per heavy atom. The van der Waals surface area contributed by atoms with E-state index in [2.05, 4.69) is 20.6 Å². The number of benzene rings is 1. The molecular formula is C20H25F3N4O2. The molecule has 6 nitrogen and oxygen atoms in total. The summed E-state index contributed by atoms with van der Waals surface area (Å²) in [4.78, 5) is 8.16. The van der Waals surface area contributed by atoms with Gasteiger partial charge >= 0.3 is 6.18 Å². The third-order valence-electron chi connectivity index (χ3n) is 3.73. The Morgan fingerprint density at radius 2 is 1.83 bits per heavy atom. The number of rotatable bonds is 9. The standard InChI is InChI=1S/C20H25F3N4O2/c1-3-13-28-16-6-8-17(9-7-16)29-18-15(5-4-11-25-18)14-27-19(24-2)26-12-10-20(21,22)23/h4-9,11H,3,10,12-14H2,1-2H3,(H2,24,26,27). The van der Waals surface area contributed by atoms with Crippen LogP contribution in [0.2, 0.25) is 0 Å². The van der Waals surface area contributed by atoms with Gasteiger partial charge < -0.3 is 20.1 Å². The Balaban J connectivity index is 1.94. The van der Waals surface area contributed by atoms with Gasteiger partial charge in [0.1, 0.15) is 11.5 Å². The first-order chi connectivity index (χ1) is 13.9. The summed E-state index contributed by atoms with van der Waals surface area (Å²) in [5, 5.41) is 5.59. The van der Waals surface area contributed by atoms with Gasteiger partial charge in [-0.05, 0) is 36.8 Å². The highest BCUT2D eigenvalue weighted by atomic mass is 19.4. The summed E-state index contributed by atoms with van der Waals surface area (Å²) in [5.41, 5.74) is 0.734. The molecule has 0 unspecified atom stereocenters. The molecule has 158 valence electrons. The number of alkyl halides is 3. The van der Waals surface area contributed by atoms with Gasteiger partial charge in [0.15, 0.2) is 5.96 Å². The average Bonchev–Trinajstić information content (AvgIpc) is 2.70. The largest absolute Gasteiger partial charge is 0.494 e. The van der Waals surface area contributed by atoms with Gasteiger partial charge in [-0.15, -0.1) is 0 Å². The molecule has 0 amide bonds. The summed E-state index contributed by atoms with van der Waals surface area (Å²) in [6, 6.07) is 10.8. The average molecular weight is 410 g/mol. The van der Waals surface area contributed by atoms with E-state index >= 15 is 0 Å². The van der Waals surface area contributed by atoms with Gasteiger partial charge in [-0.1, -0.05) is 13.0 Å². The third-order valence-corrected chi connectivity index (χ3v) is 3.73. The Morgan fingerprint density at radius 1 is 1.10 bits per heavy atom. The number of ether oxygens (including phenoxy) is 2. The molecule has 0 saturated heterocycles. The molecule has 9 heteroatoms. The minimum atomic E-state index is -4.21. The lowest BCUT2D eigenvalue weighted by molar-refractivity contribution is -0.132. The van der Waals surface area contributed by atoms with Crippen LogP contribution < -0.4 is 20.1 Å². The van der Waals surface area contributed by atoms with E-state index < -0.39 is 12.6 Å². The lowest BCUT2D eigenvalue weighted by Gasteiger charge is -2.14. The Hall–Kier alpha value is -2.97. The molecule has 1 aromatic carbocycles. The van der Waals surface area contributed by atoms with Crippen molar-refractivity contribution in [1.29, 1.82) is 0 Å². The molecule has 0 atom stereocenters. The fourth-order valence-electron chi connectivity index (χ4n) is 2.31. The third kappa shape index (κ3) is 8.28. The second-order valence-corrected chi connectivity index (χ2v) is 6.11. The zero-order chi connectivity index (χ0) is 21.1. The summed E-state index contributed by atoms with van der Waals surface area (Å²) in [6.45, 7) is 2.71. The molecule has 2 rings (SSSR count). The van der Waals surface area contributed by atoms with Gasteiger partial charge in [-0.25, -0.2) is 4.98 Å². The molecule has 29 heavy (non-hydrogen) atoms. The molecule has 0 radical (unpaired) electrons. The molecule has 1 aromatic heterocycles. The van der Waals surface area contributed by atoms with Crippen molar-refractivity contribution in [2.24, 2.45) is 4.99 Å². The highest BCUT2D eigenvalue weighted by Crippen LogP contribution is 2.25. The first-order valence-corrected chi connectivity index (χ1v) is 9.27. The van der Waals surface area contributed by atoms with Crippen molar-refractivity contribution >= 4 is 5.96 Å². The van der Waals surface area contributed by atoms with E-state index in [0.29, 0.717) is 18.2 Å². The van der Waals surface area contributed by atoms with Crippen LogP contribution in [0.1, 0.15) is 25.3 Å². The Bertz CT molecular complexity index is 780. The molecule has 0 saturated carbocycles. The molecule has 0 aliphatic heterocycles. The van der Waals surface area contributed by atoms with Gasteiger partial charge in [-0.2, -0.15) is 13.2 Å². The molecule has 2 N–H and O–H groups in total. The maximum Gasteiger partial charge on any atom is 0.390 e. The molecule has 0 fully saturated rings. The van der Waals surface area contributed by atoms with Crippen molar-refractivity contribution in [2.75, 3.05) is 20.2 Å². The number of hydrogen-bond donors (Lipinski definition) is 2. The van der Waals surface area contributed by atoms with E-state index in [1.54, 1.807) is 24.4 Å². The van der Waals surface area contributed by atoms with E-state index in [-0.39, 0.29) is 19.0 Å². The monoisotopic (exact) mass is 410 g/mol. The SMILES string of the molecule is CCCOc1ccc(Oc2ncccc2CNC(=NC)NCCC(F)(F)F)cc1. The predicted molar refractivity (Wildman–Crippen MR) is 105 cm³/mol. The van der Waals surface area contributed by atoms with E-state index in [1.165, 1.54) is 7.05 Å². The molecule has 2 aromatic rings. The lowest BCUT2D eigenvalue weighted by atomic mass is 10.2. The number of hydrogen-bond acceptors (Lipinski definition) is 4.